The number of carbonyl (C=O) groups is 1. The fraction of sp³-hybridized carbons (Fsp3) is 0.167. The van der Waals surface area contributed by atoms with Gasteiger partial charge in [0.05, 0.1) is 16.8 Å². The molecule has 1 aromatic heterocycles. The Labute approximate surface area is 109 Å². The quantitative estimate of drug-likeness (QED) is 0.859. The van der Waals surface area contributed by atoms with E-state index in [-0.39, 0.29) is 5.69 Å². The van der Waals surface area contributed by atoms with Crippen LogP contribution in [0.15, 0.2) is 22.6 Å². The number of aromatic nitrogens is 1. The Kier molecular flexibility index (Phi) is 3.24. The van der Waals surface area contributed by atoms with Gasteiger partial charge in [0.1, 0.15) is 5.82 Å². The van der Waals surface area contributed by atoms with Gasteiger partial charge in [-0.2, -0.15) is 13.2 Å². The SMILES string of the molecule is Cc1nc(-c2cccc(C(F)(F)F)c2F)oc1C(=O)O. The van der Waals surface area contributed by atoms with Crippen LogP contribution in [0.1, 0.15) is 21.8 Å². The molecule has 0 saturated carbocycles. The van der Waals surface area contributed by atoms with E-state index in [9.17, 15) is 22.4 Å². The molecular formula is C12H7F4NO3. The minimum Gasteiger partial charge on any atom is -0.475 e. The minimum absolute atomic E-state index is 0.0516. The number of carboxylic acid groups (broad SMARTS) is 1. The number of halogens is 4. The van der Waals surface area contributed by atoms with E-state index in [2.05, 4.69) is 4.98 Å². The lowest BCUT2D eigenvalue weighted by atomic mass is 10.1. The summed E-state index contributed by atoms with van der Waals surface area (Å²) in [5, 5.41) is 8.77. The molecule has 0 radical (unpaired) electrons. The Hall–Kier alpha value is -2.38. The molecular weight excluding hydrogens is 282 g/mol. The molecule has 106 valence electrons. The lowest BCUT2D eigenvalue weighted by Gasteiger charge is -2.09. The third kappa shape index (κ3) is 2.36. The summed E-state index contributed by atoms with van der Waals surface area (Å²) in [4.78, 5) is 14.4. The zero-order chi connectivity index (χ0) is 15.1. The Morgan fingerprint density at radius 3 is 2.50 bits per heavy atom. The first kappa shape index (κ1) is 14.0. The second-order valence-electron chi connectivity index (χ2n) is 3.90. The lowest BCUT2D eigenvalue weighted by Crippen LogP contribution is -2.08. The maximum Gasteiger partial charge on any atom is 0.419 e. The number of aromatic carboxylic acids is 1. The first-order valence-corrected chi connectivity index (χ1v) is 5.28. The van der Waals surface area contributed by atoms with Crippen LogP contribution in [0.4, 0.5) is 17.6 Å². The summed E-state index contributed by atoms with van der Waals surface area (Å²) in [6, 6.07) is 2.59. The molecule has 0 aliphatic carbocycles. The van der Waals surface area contributed by atoms with Gasteiger partial charge in [0.15, 0.2) is 0 Å². The summed E-state index contributed by atoms with van der Waals surface area (Å²) in [6.07, 6.45) is -4.86. The van der Waals surface area contributed by atoms with Crippen molar-refractivity contribution in [1.29, 1.82) is 0 Å². The van der Waals surface area contributed by atoms with E-state index in [1.54, 1.807) is 0 Å². The third-order valence-electron chi connectivity index (χ3n) is 2.53. The van der Waals surface area contributed by atoms with Crippen molar-refractivity contribution in [2.45, 2.75) is 13.1 Å². The highest BCUT2D eigenvalue weighted by Crippen LogP contribution is 2.35. The summed E-state index contributed by atoms with van der Waals surface area (Å²) >= 11 is 0. The molecule has 0 atom stereocenters. The molecule has 0 aliphatic heterocycles. The number of alkyl halides is 3. The van der Waals surface area contributed by atoms with Crippen LogP contribution < -0.4 is 0 Å². The van der Waals surface area contributed by atoms with Gasteiger partial charge >= 0.3 is 12.1 Å². The predicted molar refractivity (Wildman–Crippen MR) is 58.6 cm³/mol. The molecule has 0 saturated heterocycles. The Morgan fingerprint density at radius 2 is 2.00 bits per heavy atom. The van der Waals surface area contributed by atoms with Crippen molar-refractivity contribution in [2.24, 2.45) is 0 Å². The number of hydrogen-bond donors (Lipinski definition) is 1. The monoisotopic (exact) mass is 289 g/mol. The van der Waals surface area contributed by atoms with Gasteiger partial charge in [0, 0.05) is 0 Å². The highest BCUT2D eigenvalue weighted by atomic mass is 19.4. The smallest absolute Gasteiger partial charge is 0.419 e. The summed E-state index contributed by atoms with van der Waals surface area (Å²) in [6.45, 7) is 1.29. The third-order valence-corrected chi connectivity index (χ3v) is 2.53. The Bertz CT molecular complexity index is 676. The van der Waals surface area contributed by atoms with Crippen LogP contribution in [0.2, 0.25) is 0 Å². The normalized spacial score (nSPS) is 11.7. The molecule has 0 amide bonds. The van der Waals surface area contributed by atoms with Crippen molar-refractivity contribution < 1.29 is 31.9 Å². The van der Waals surface area contributed by atoms with Gasteiger partial charge in [-0.05, 0) is 19.1 Å². The van der Waals surface area contributed by atoms with Crippen molar-refractivity contribution in [1.82, 2.24) is 4.98 Å². The number of nitrogens with zero attached hydrogens (tertiary/aromatic N) is 1. The largest absolute Gasteiger partial charge is 0.475 e. The van der Waals surface area contributed by atoms with E-state index in [4.69, 9.17) is 9.52 Å². The van der Waals surface area contributed by atoms with Crippen molar-refractivity contribution in [3.8, 4) is 11.5 Å². The molecule has 0 unspecified atom stereocenters. The van der Waals surface area contributed by atoms with Gasteiger partial charge in [-0.15, -0.1) is 0 Å². The van der Waals surface area contributed by atoms with Gasteiger partial charge < -0.3 is 9.52 Å². The average Bonchev–Trinajstić information content (AvgIpc) is 2.70. The van der Waals surface area contributed by atoms with Crippen LogP contribution in [0.3, 0.4) is 0 Å². The van der Waals surface area contributed by atoms with Crippen LogP contribution >= 0.6 is 0 Å². The standard InChI is InChI=1S/C12H7F4NO3/c1-5-9(11(18)19)20-10(17-5)6-3-2-4-7(8(6)13)12(14,15)16/h2-4H,1H3,(H,18,19). The Morgan fingerprint density at radius 1 is 1.35 bits per heavy atom. The molecule has 0 bridgehead atoms. The molecule has 0 aliphatic rings. The fourth-order valence-corrected chi connectivity index (χ4v) is 1.63. The Balaban J connectivity index is 2.60. The molecule has 4 nitrogen and oxygen atoms in total. The molecule has 8 heteroatoms. The summed E-state index contributed by atoms with van der Waals surface area (Å²) in [5.74, 6) is -4.05. The van der Waals surface area contributed by atoms with Crippen LogP contribution in [-0.4, -0.2) is 16.1 Å². The van der Waals surface area contributed by atoms with Crippen molar-refractivity contribution in [2.75, 3.05) is 0 Å². The van der Waals surface area contributed by atoms with Gasteiger partial charge in [-0.25, -0.2) is 14.2 Å². The van der Waals surface area contributed by atoms with Gasteiger partial charge in [-0.1, -0.05) is 6.07 Å². The highest BCUT2D eigenvalue weighted by molar-refractivity contribution is 5.86. The zero-order valence-corrected chi connectivity index (χ0v) is 9.95. The summed E-state index contributed by atoms with van der Waals surface area (Å²) < 4.78 is 56.3. The second-order valence-corrected chi connectivity index (χ2v) is 3.90. The number of benzene rings is 1. The summed E-state index contributed by atoms with van der Waals surface area (Å²) in [5.41, 5.74) is -2.07. The molecule has 20 heavy (non-hydrogen) atoms. The molecule has 1 aromatic carbocycles. The minimum atomic E-state index is -4.86. The first-order valence-electron chi connectivity index (χ1n) is 5.28. The van der Waals surface area contributed by atoms with E-state index < -0.39 is 40.7 Å². The number of oxazole rings is 1. The van der Waals surface area contributed by atoms with Crippen molar-refractivity contribution >= 4 is 5.97 Å². The molecule has 0 fully saturated rings. The second kappa shape index (κ2) is 4.62. The van der Waals surface area contributed by atoms with Crippen molar-refractivity contribution in [3.63, 3.8) is 0 Å². The maximum atomic E-state index is 13.8. The van der Waals surface area contributed by atoms with E-state index in [1.807, 2.05) is 0 Å². The van der Waals surface area contributed by atoms with E-state index >= 15 is 0 Å². The van der Waals surface area contributed by atoms with Gasteiger partial charge in [0.2, 0.25) is 11.7 Å². The van der Waals surface area contributed by atoms with E-state index in [0.717, 1.165) is 12.1 Å². The topological polar surface area (TPSA) is 63.3 Å². The number of carboxylic acids is 1. The zero-order valence-electron chi connectivity index (χ0n) is 9.95. The number of rotatable bonds is 2. The maximum absolute atomic E-state index is 13.8. The molecule has 2 aromatic rings. The molecule has 0 spiro atoms. The highest BCUT2D eigenvalue weighted by Gasteiger charge is 2.35. The van der Waals surface area contributed by atoms with Crippen LogP contribution in [0, 0.1) is 12.7 Å². The fourth-order valence-electron chi connectivity index (χ4n) is 1.63. The lowest BCUT2D eigenvalue weighted by molar-refractivity contribution is -0.139. The van der Waals surface area contributed by atoms with Crippen LogP contribution in [0.25, 0.3) is 11.5 Å². The number of aryl methyl sites for hydroxylation is 1. The predicted octanol–water partition coefficient (Wildman–Crippen LogP) is 3.51. The molecule has 1 N–H and O–H groups in total. The summed E-state index contributed by atoms with van der Waals surface area (Å²) in [7, 11) is 0. The average molecular weight is 289 g/mol. The first-order chi connectivity index (χ1) is 9.21. The van der Waals surface area contributed by atoms with Crippen LogP contribution in [-0.2, 0) is 6.18 Å². The van der Waals surface area contributed by atoms with E-state index in [0.29, 0.717) is 6.07 Å². The van der Waals surface area contributed by atoms with Gasteiger partial charge in [0.25, 0.3) is 0 Å². The van der Waals surface area contributed by atoms with Crippen molar-refractivity contribution in [3.05, 3.63) is 41.0 Å². The van der Waals surface area contributed by atoms with E-state index in [1.165, 1.54) is 6.92 Å². The molecule has 1 heterocycles. The molecule has 2 rings (SSSR count). The van der Waals surface area contributed by atoms with Crippen LogP contribution in [0.5, 0.6) is 0 Å². The number of hydrogen-bond acceptors (Lipinski definition) is 3. The van der Waals surface area contributed by atoms with Gasteiger partial charge in [-0.3, -0.25) is 0 Å².